The molecule has 2 aromatic heterocycles. The van der Waals surface area contributed by atoms with Crippen LogP contribution in [0, 0.1) is 0 Å². The van der Waals surface area contributed by atoms with Crippen molar-refractivity contribution in [1.29, 1.82) is 0 Å². The average Bonchev–Trinajstić information content (AvgIpc) is 3.06. The summed E-state index contributed by atoms with van der Waals surface area (Å²) >= 11 is 0. The summed E-state index contributed by atoms with van der Waals surface area (Å²) in [6, 6.07) is 8.44. The van der Waals surface area contributed by atoms with E-state index in [9.17, 15) is 5.11 Å². The lowest BCUT2D eigenvalue weighted by molar-refractivity contribution is 0.0793. The zero-order valence-electron chi connectivity index (χ0n) is 14.2. The van der Waals surface area contributed by atoms with E-state index < -0.39 is 0 Å². The van der Waals surface area contributed by atoms with Crippen molar-refractivity contribution in [2.24, 2.45) is 0 Å². The number of piperidine rings is 1. The summed E-state index contributed by atoms with van der Waals surface area (Å²) in [5.74, 6) is 0. The Morgan fingerprint density at radius 3 is 2.88 bits per heavy atom. The number of imidazole rings is 1. The molecule has 1 aliphatic heterocycles. The summed E-state index contributed by atoms with van der Waals surface area (Å²) in [6.45, 7) is 3.53. The molecule has 0 amide bonds. The molecular weight excluding hydrogens is 314 g/mol. The zero-order valence-corrected chi connectivity index (χ0v) is 14.2. The number of hydrogen-bond donors (Lipinski definition) is 2. The lowest BCUT2D eigenvalue weighted by Gasteiger charge is -2.30. The number of para-hydroxylation sites is 1. The number of anilines is 1. The Morgan fingerprint density at radius 1 is 1.16 bits per heavy atom. The lowest BCUT2D eigenvalue weighted by atomic mass is 10.1. The Morgan fingerprint density at radius 2 is 2.00 bits per heavy atom. The van der Waals surface area contributed by atoms with E-state index >= 15 is 0 Å². The Kier molecular flexibility index (Phi) is 4.63. The highest BCUT2D eigenvalue weighted by Gasteiger charge is 2.17. The number of nitrogens with zero attached hydrogens (tertiary/aromatic N) is 4. The van der Waals surface area contributed by atoms with E-state index in [0.29, 0.717) is 6.54 Å². The topological polar surface area (TPSA) is 65.7 Å². The number of fused-ring (bicyclic) bond motifs is 1. The highest BCUT2D eigenvalue weighted by molar-refractivity contribution is 5.51. The molecule has 25 heavy (non-hydrogen) atoms. The van der Waals surface area contributed by atoms with Crippen molar-refractivity contribution >= 4 is 11.3 Å². The summed E-state index contributed by atoms with van der Waals surface area (Å²) in [5.41, 5.74) is 4.40. The van der Waals surface area contributed by atoms with Crippen molar-refractivity contribution in [3.05, 3.63) is 60.3 Å². The Hall–Kier alpha value is -2.44. The molecule has 0 atom stereocenters. The molecule has 0 aliphatic carbocycles. The smallest absolute Gasteiger partial charge is 0.155 e. The molecule has 3 aromatic rings. The first-order chi connectivity index (χ1) is 12.3. The molecule has 1 aromatic carbocycles. The van der Waals surface area contributed by atoms with E-state index in [0.717, 1.165) is 49.5 Å². The SMILES string of the molecule is OC1CCN(Cc2ccccc2NCc2cnc3cnccn23)CC1. The molecular formula is C19H23N5O. The number of likely N-dealkylation sites (tertiary alicyclic amines) is 1. The van der Waals surface area contributed by atoms with Crippen LogP contribution in [-0.2, 0) is 13.1 Å². The van der Waals surface area contributed by atoms with Gasteiger partial charge < -0.3 is 10.4 Å². The Bertz CT molecular complexity index is 838. The maximum atomic E-state index is 9.67. The molecule has 4 rings (SSSR count). The number of hydrogen-bond acceptors (Lipinski definition) is 5. The third kappa shape index (κ3) is 3.65. The Balaban J connectivity index is 1.45. The van der Waals surface area contributed by atoms with Gasteiger partial charge in [-0.1, -0.05) is 18.2 Å². The van der Waals surface area contributed by atoms with Gasteiger partial charge in [-0.15, -0.1) is 0 Å². The number of aromatic nitrogens is 3. The molecule has 0 unspecified atom stereocenters. The van der Waals surface area contributed by atoms with Crippen molar-refractivity contribution < 1.29 is 5.11 Å². The van der Waals surface area contributed by atoms with Gasteiger partial charge in [0.25, 0.3) is 0 Å². The highest BCUT2D eigenvalue weighted by Crippen LogP contribution is 2.21. The normalized spacial score (nSPS) is 16.4. The van der Waals surface area contributed by atoms with Crippen molar-refractivity contribution in [2.75, 3.05) is 18.4 Å². The Labute approximate surface area is 147 Å². The van der Waals surface area contributed by atoms with E-state index in [2.05, 4.69) is 48.9 Å². The van der Waals surface area contributed by atoms with Crippen LogP contribution < -0.4 is 5.32 Å². The number of nitrogens with one attached hydrogen (secondary N) is 1. The minimum absolute atomic E-state index is 0.130. The van der Waals surface area contributed by atoms with Gasteiger partial charge in [0.15, 0.2) is 5.65 Å². The van der Waals surface area contributed by atoms with Gasteiger partial charge in [0, 0.05) is 37.7 Å². The average molecular weight is 337 g/mol. The number of aliphatic hydroxyl groups is 1. The summed E-state index contributed by atoms with van der Waals surface area (Å²) in [4.78, 5) is 10.9. The van der Waals surface area contributed by atoms with Gasteiger partial charge in [0.2, 0.25) is 0 Å². The van der Waals surface area contributed by atoms with E-state index in [1.54, 1.807) is 12.4 Å². The second kappa shape index (κ2) is 7.21. The standard InChI is InChI=1S/C19H23N5O/c25-17-5-8-23(9-6-17)14-15-3-1-2-4-18(15)21-11-16-12-22-19-13-20-7-10-24(16)19/h1-4,7,10,12-13,17,21,25H,5-6,8-9,11,14H2. The second-order valence-electron chi connectivity index (χ2n) is 6.57. The molecule has 1 saturated heterocycles. The molecule has 2 N–H and O–H groups in total. The van der Waals surface area contributed by atoms with Gasteiger partial charge in [-0.25, -0.2) is 4.98 Å². The monoisotopic (exact) mass is 337 g/mol. The van der Waals surface area contributed by atoms with Crippen LogP contribution in [0.3, 0.4) is 0 Å². The van der Waals surface area contributed by atoms with Gasteiger partial charge in [-0.3, -0.25) is 14.3 Å². The number of benzene rings is 1. The van der Waals surface area contributed by atoms with Gasteiger partial charge in [-0.05, 0) is 24.5 Å². The highest BCUT2D eigenvalue weighted by atomic mass is 16.3. The van der Waals surface area contributed by atoms with E-state index in [4.69, 9.17) is 0 Å². The molecule has 0 saturated carbocycles. The first-order valence-corrected chi connectivity index (χ1v) is 8.78. The van der Waals surface area contributed by atoms with Gasteiger partial charge in [0.05, 0.1) is 30.7 Å². The fraction of sp³-hybridized carbons (Fsp3) is 0.368. The first-order valence-electron chi connectivity index (χ1n) is 8.78. The van der Waals surface area contributed by atoms with Crippen molar-refractivity contribution in [3.8, 4) is 0 Å². The molecule has 6 heteroatoms. The lowest BCUT2D eigenvalue weighted by Crippen LogP contribution is -2.35. The summed E-state index contributed by atoms with van der Waals surface area (Å²) in [7, 11) is 0. The van der Waals surface area contributed by atoms with Gasteiger partial charge >= 0.3 is 0 Å². The maximum absolute atomic E-state index is 9.67. The molecule has 3 heterocycles. The summed E-state index contributed by atoms with van der Waals surface area (Å²) < 4.78 is 2.05. The first kappa shape index (κ1) is 16.1. The summed E-state index contributed by atoms with van der Waals surface area (Å²) in [6.07, 6.45) is 8.97. The van der Waals surface area contributed by atoms with Crippen LogP contribution in [0.1, 0.15) is 24.1 Å². The number of aliphatic hydroxyl groups excluding tert-OH is 1. The molecule has 0 bridgehead atoms. The molecule has 0 radical (unpaired) electrons. The minimum Gasteiger partial charge on any atom is -0.393 e. The predicted molar refractivity (Wildman–Crippen MR) is 97.3 cm³/mol. The van der Waals surface area contributed by atoms with Crippen LogP contribution >= 0.6 is 0 Å². The maximum Gasteiger partial charge on any atom is 0.155 e. The van der Waals surface area contributed by atoms with Crippen LogP contribution in [0.4, 0.5) is 5.69 Å². The van der Waals surface area contributed by atoms with Crippen LogP contribution in [0.25, 0.3) is 5.65 Å². The van der Waals surface area contributed by atoms with Crippen molar-refractivity contribution in [2.45, 2.75) is 32.0 Å². The van der Waals surface area contributed by atoms with Crippen molar-refractivity contribution in [1.82, 2.24) is 19.3 Å². The van der Waals surface area contributed by atoms with Crippen LogP contribution in [0.15, 0.2) is 49.1 Å². The minimum atomic E-state index is -0.130. The number of rotatable bonds is 5. The quantitative estimate of drug-likeness (QED) is 0.748. The van der Waals surface area contributed by atoms with E-state index in [1.807, 2.05) is 12.4 Å². The summed E-state index contributed by atoms with van der Waals surface area (Å²) in [5, 5.41) is 13.2. The molecule has 1 fully saturated rings. The van der Waals surface area contributed by atoms with Crippen LogP contribution in [0.5, 0.6) is 0 Å². The fourth-order valence-corrected chi connectivity index (χ4v) is 3.36. The molecule has 0 spiro atoms. The van der Waals surface area contributed by atoms with E-state index in [-0.39, 0.29) is 6.10 Å². The van der Waals surface area contributed by atoms with Crippen molar-refractivity contribution in [3.63, 3.8) is 0 Å². The van der Waals surface area contributed by atoms with E-state index in [1.165, 1.54) is 5.56 Å². The second-order valence-corrected chi connectivity index (χ2v) is 6.57. The molecule has 6 nitrogen and oxygen atoms in total. The van der Waals surface area contributed by atoms with Gasteiger partial charge in [-0.2, -0.15) is 0 Å². The van der Waals surface area contributed by atoms with Crippen LogP contribution in [0.2, 0.25) is 0 Å². The predicted octanol–water partition coefficient (Wildman–Crippen LogP) is 2.30. The third-order valence-electron chi connectivity index (χ3n) is 4.82. The fourth-order valence-electron chi connectivity index (χ4n) is 3.36. The molecule has 1 aliphatic rings. The third-order valence-corrected chi connectivity index (χ3v) is 4.82. The zero-order chi connectivity index (χ0) is 17.1. The molecule has 130 valence electrons. The van der Waals surface area contributed by atoms with Gasteiger partial charge in [0.1, 0.15) is 0 Å². The largest absolute Gasteiger partial charge is 0.393 e. The van der Waals surface area contributed by atoms with Crippen LogP contribution in [-0.4, -0.2) is 43.6 Å².